The number of H-pyrrole nitrogens is 1. The lowest BCUT2D eigenvalue weighted by molar-refractivity contribution is -0.137. The van der Waals surface area contributed by atoms with E-state index in [0.29, 0.717) is 16.9 Å². The molecule has 0 aliphatic heterocycles. The minimum atomic E-state index is -0.852. The molecule has 1 unspecified atom stereocenters. The summed E-state index contributed by atoms with van der Waals surface area (Å²) in [6, 6.07) is 7.76. The van der Waals surface area contributed by atoms with Crippen LogP contribution in [0.25, 0.3) is 44.5 Å². The van der Waals surface area contributed by atoms with Crippen LogP contribution in [0.3, 0.4) is 0 Å². The highest BCUT2D eigenvalue weighted by atomic mass is 19.1. The third-order valence-electron chi connectivity index (χ3n) is 7.86. The van der Waals surface area contributed by atoms with E-state index in [1.165, 1.54) is 4.68 Å². The first-order chi connectivity index (χ1) is 18.2. The van der Waals surface area contributed by atoms with Crippen LogP contribution in [-0.4, -0.2) is 40.0 Å². The number of aromatic nitrogens is 6. The van der Waals surface area contributed by atoms with Crippen molar-refractivity contribution in [2.75, 3.05) is 0 Å². The molecule has 0 radical (unpaired) electrons. The normalized spacial score (nSPS) is 15.2. The number of hydrogen-bond acceptors (Lipinski definition) is 4. The second-order valence-electron chi connectivity index (χ2n) is 10.4. The Hall–Kier alpha value is -4.21. The van der Waals surface area contributed by atoms with Crippen molar-refractivity contribution in [3.05, 3.63) is 58.7 Å². The number of halogens is 1. The Kier molecular flexibility index (Phi) is 5.70. The Morgan fingerprint density at radius 3 is 2.55 bits per heavy atom. The van der Waals surface area contributed by atoms with E-state index in [0.717, 1.165) is 58.8 Å². The summed E-state index contributed by atoms with van der Waals surface area (Å²) in [4.78, 5) is 32.7. The van der Waals surface area contributed by atoms with Gasteiger partial charge in [0.25, 0.3) is 0 Å². The molecule has 0 saturated heterocycles. The summed E-state index contributed by atoms with van der Waals surface area (Å²) in [6.07, 6.45) is 7.37. The molecule has 0 amide bonds. The molecule has 1 aromatic carbocycles. The highest BCUT2D eigenvalue weighted by Gasteiger charge is 2.28. The number of benzene rings is 1. The quantitative estimate of drug-likeness (QED) is 0.326. The molecular formula is C28H29FN6O3. The van der Waals surface area contributed by atoms with Gasteiger partial charge in [0, 0.05) is 31.9 Å². The van der Waals surface area contributed by atoms with Gasteiger partial charge in [0.15, 0.2) is 0 Å². The lowest BCUT2D eigenvalue weighted by atomic mass is 9.93. The molecule has 1 fully saturated rings. The van der Waals surface area contributed by atoms with Gasteiger partial charge in [-0.05, 0) is 29.9 Å². The van der Waals surface area contributed by atoms with Gasteiger partial charge in [0.1, 0.15) is 5.65 Å². The summed E-state index contributed by atoms with van der Waals surface area (Å²) in [5.74, 6) is -1.62. The largest absolute Gasteiger partial charge is 0.481 e. The maximum absolute atomic E-state index is 15.0. The number of aromatic amines is 1. The number of fused-ring (bicyclic) bond motifs is 3. The molecule has 10 heteroatoms. The van der Waals surface area contributed by atoms with Crippen LogP contribution in [0.4, 0.5) is 4.39 Å². The van der Waals surface area contributed by atoms with E-state index < -0.39 is 11.9 Å². The van der Waals surface area contributed by atoms with Crippen molar-refractivity contribution in [2.24, 2.45) is 14.1 Å². The van der Waals surface area contributed by atoms with E-state index in [4.69, 9.17) is 0 Å². The number of aryl methyl sites for hydroxylation is 2. The third-order valence-corrected chi connectivity index (χ3v) is 7.86. The van der Waals surface area contributed by atoms with Gasteiger partial charge in [-0.15, -0.1) is 5.10 Å². The standard InChI is InChI=1S/C28H29FN6O3/c1-15(12-21(36)37)16-8-10-17(11-9-16)22-23-25-20(34(3)28(38)35(25)18-6-4-5-7-18)13-30-27(23)31-24(22)19-14-33(2)32-26(19)29/h8-11,13-15,18H,4-7,12H2,1-3H3,(H,30,31)(H,36,37). The minimum Gasteiger partial charge on any atom is -0.481 e. The number of carbonyl (C=O) groups is 1. The molecule has 196 valence electrons. The van der Waals surface area contributed by atoms with Gasteiger partial charge in [-0.25, -0.2) is 9.78 Å². The zero-order valence-electron chi connectivity index (χ0n) is 21.5. The Morgan fingerprint density at radius 2 is 1.92 bits per heavy atom. The van der Waals surface area contributed by atoms with Gasteiger partial charge >= 0.3 is 11.7 Å². The van der Waals surface area contributed by atoms with Crippen LogP contribution in [0, 0.1) is 5.95 Å². The van der Waals surface area contributed by atoms with Crippen LogP contribution < -0.4 is 5.69 Å². The molecule has 38 heavy (non-hydrogen) atoms. The highest BCUT2D eigenvalue weighted by Crippen LogP contribution is 2.43. The lowest BCUT2D eigenvalue weighted by Crippen LogP contribution is -2.24. The summed E-state index contributed by atoms with van der Waals surface area (Å²) in [6.45, 7) is 1.88. The summed E-state index contributed by atoms with van der Waals surface area (Å²) in [5.41, 5.74) is 5.28. The Balaban J connectivity index is 1.67. The van der Waals surface area contributed by atoms with Crippen molar-refractivity contribution in [3.63, 3.8) is 0 Å². The van der Waals surface area contributed by atoms with Crippen LogP contribution in [0.5, 0.6) is 0 Å². The molecule has 4 heterocycles. The highest BCUT2D eigenvalue weighted by molar-refractivity contribution is 6.14. The molecule has 1 aliphatic carbocycles. The number of aliphatic carboxylic acids is 1. The van der Waals surface area contributed by atoms with E-state index in [1.54, 1.807) is 31.1 Å². The van der Waals surface area contributed by atoms with Gasteiger partial charge in [0.2, 0.25) is 5.95 Å². The number of pyridine rings is 1. The van der Waals surface area contributed by atoms with Crippen molar-refractivity contribution in [1.29, 1.82) is 0 Å². The molecule has 6 rings (SSSR count). The average Bonchev–Trinajstić information content (AvgIpc) is 3.65. The van der Waals surface area contributed by atoms with E-state index >= 15 is 4.39 Å². The van der Waals surface area contributed by atoms with Crippen LogP contribution in [-0.2, 0) is 18.9 Å². The van der Waals surface area contributed by atoms with Crippen molar-refractivity contribution < 1.29 is 14.3 Å². The van der Waals surface area contributed by atoms with Gasteiger partial charge in [-0.2, -0.15) is 4.39 Å². The average molecular weight is 517 g/mol. The maximum Gasteiger partial charge on any atom is 0.329 e. The van der Waals surface area contributed by atoms with Crippen LogP contribution in [0.1, 0.15) is 56.6 Å². The van der Waals surface area contributed by atoms with Gasteiger partial charge < -0.3 is 10.1 Å². The fraction of sp³-hybridized carbons (Fsp3) is 0.357. The first kappa shape index (κ1) is 24.1. The minimum absolute atomic E-state index is 0.0286. The lowest BCUT2D eigenvalue weighted by Gasteiger charge is -2.13. The second kappa shape index (κ2) is 8.97. The molecular weight excluding hydrogens is 487 g/mol. The molecule has 2 N–H and O–H groups in total. The summed E-state index contributed by atoms with van der Waals surface area (Å²) in [5, 5.41) is 13.9. The first-order valence-corrected chi connectivity index (χ1v) is 12.9. The Morgan fingerprint density at radius 1 is 1.21 bits per heavy atom. The van der Waals surface area contributed by atoms with Gasteiger partial charge in [-0.3, -0.25) is 18.6 Å². The number of rotatable bonds is 6. The third kappa shape index (κ3) is 3.74. The number of nitrogens with one attached hydrogen (secondary N) is 1. The van der Waals surface area contributed by atoms with E-state index in [-0.39, 0.29) is 24.1 Å². The smallest absolute Gasteiger partial charge is 0.329 e. The topological polar surface area (TPSA) is 111 Å². The van der Waals surface area contributed by atoms with E-state index in [1.807, 2.05) is 35.8 Å². The number of carboxylic acids is 1. The predicted octanol–water partition coefficient (Wildman–Crippen LogP) is 5.12. The number of nitrogens with zero attached hydrogens (tertiary/aromatic N) is 5. The van der Waals surface area contributed by atoms with Crippen LogP contribution in [0.2, 0.25) is 0 Å². The Bertz CT molecular complexity index is 1750. The molecule has 1 aliphatic rings. The predicted molar refractivity (Wildman–Crippen MR) is 143 cm³/mol. The summed E-state index contributed by atoms with van der Waals surface area (Å²) < 4.78 is 20.0. The fourth-order valence-corrected chi connectivity index (χ4v) is 5.96. The summed E-state index contributed by atoms with van der Waals surface area (Å²) >= 11 is 0. The number of imidazole rings is 1. The Labute approximate surface area is 217 Å². The zero-order chi connectivity index (χ0) is 26.7. The number of carboxylic acid groups (broad SMARTS) is 1. The summed E-state index contributed by atoms with van der Waals surface area (Å²) in [7, 11) is 3.43. The second-order valence-corrected chi connectivity index (χ2v) is 10.4. The molecule has 1 saturated carbocycles. The zero-order valence-corrected chi connectivity index (χ0v) is 21.5. The molecule has 5 aromatic rings. The SMILES string of the molecule is CC(CC(=O)O)c1ccc(-c2c(-c3cn(C)nc3F)[nH]c3ncc4c(c23)n(C2CCCC2)c(=O)n4C)cc1. The molecule has 1 atom stereocenters. The molecule has 4 aromatic heterocycles. The van der Waals surface area contributed by atoms with Crippen LogP contribution >= 0.6 is 0 Å². The monoisotopic (exact) mass is 516 g/mol. The van der Waals surface area contributed by atoms with Gasteiger partial charge in [0.05, 0.1) is 40.3 Å². The van der Waals surface area contributed by atoms with Crippen molar-refractivity contribution in [3.8, 4) is 22.4 Å². The number of hydrogen-bond donors (Lipinski definition) is 2. The van der Waals surface area contributed by atoms with Crippen molar-refractivity contribution in [2.45, 2.75) is 51.0 Å². The van der Waals surface area contributed by atoms with Gasteiger partial charge in [-0.1, -0.05) is 44.0 Å². The van der Waals surface area contributed by atoms with Crippen LogP contribution in [0.15, 0.2) is 41.5 Å². The molecule has 0 spiro atoms. The van der Waals surface area contributed by atoms with Crippen molar-refractivity contribution >= 4 is 28.0 Å². The van der Waals surface area contributed by atoms with E-state index in [2.05, 4.69) is 15.1 Å². The first-order valence-electron chi connectivity index (χ1n) is 12.9. The molecule has 0 bridgehead atoms. The molecule has 9 nitrogen and oxygen atoms in total. The van der Waals surface area contributed by atoms with Crippen molar-refractivity contribution in [1.82, 2.24) is 28.9 Å². The van der Waals surface area contributed by atoms with E-state index in [9.17, 15) is 14.7 Å². The maximum atomic E-state index is 15.0. The fourth-order valence-electron chi connectivity index (χ4n) is 5.96.